The molecule has 0 unspecified atom stereocenters. The first-order valence-electron chi connectivity index (χ1n) is 9.31. The van der Waals surface area contributed by atoms with Gasteiger partial charge >= 0.3 is 0 Å². The topological polar surface area (TPSA) is 58.2 Å². The molecule has 3 heterocycles. The van der Waals surface area contributed by atoms with Crippen LogP contribution in [0.3, 0.4) is 0 Å². The lowest BCUT2D eigenvalue weighted by atomic mass is 10.1. The molecule has 2 aromatic heterocycles. The summed E-state index contributed by atoms with van der Waals surface area (Å²) in [6.45, 7) is 2.28. The quantitative estimate of drug-likeness (QED) is 0.276. The molecule has 150 valence electrons. The van der Waals surface area contributed by atoms with Gasteiger partial charge in [0, 0.05) is 4.88 Å². The number of furan rings is 1. The molecular formula is C23H19N3O2S2. The third-order valence-electron chi connectivity index (χ3n) is 4.20. The Hall–Kier alpha value is -3.16. The molecule has 1 saturated heterocycles. The van der Waals surface area contributed by atoms with E-state index < -0.39 is 0 Å². The summed E-state index contributed by atoms with van der Waals surface area (Å²) in [4.78, 5) is 16.2. The molecule has 1 amide bonds. The summed E-state index contributed by atoms with van der Waals surface area (Å²) in [6.07, 6.45) is 7.20. The fourth-order valence-corrected chi connectivity index (χ4v) is 4.46. The SMILES string of the molecule is CC(/C=N/N=C1\S/C(=C\c2cccs2)C(=O)N1Cc1ccco1)=C\c1ccccc1. The average molecular weight is 434 g/mol. The van der Waals surface area contributed by atoms with Gasteiger partial charge in [-0.15, -0.1) is 16.4 Å². The second-order valence-electron chi connectivity index (χ2n) is 6.52. The van der Waals surface area contributed by atoms with Crippen molar-refractivity contribution < 1.29 is 9.21 Å². The van der Waals surface area contributed by atoms with Crippen molar-refractivity contribution in [2.24, 2.45) is 10.2 Å². The van der Waals surface area contributed by atoms with E-state index in [1.807, 2.05) is 73.0 Å². The van der Waals surface area contributed by atoms with Gasteiger partial charge in [0.25, 0.3) is 5.91 Å². The second-order valence-corrected chi connectivity index (χ2v) is 8.51. The molecule has 0 radical (unpaired) electrons. The van der Waals surface area contributed by atoms with E-state index in [0.29, 0.717) is 22.4 Å². The maximum Gasteiger partial charge on any atom is 0.267 e. The first-order valence-corrected chi connectivity index (χ1v) is 11.0. The summed E-state index contributed by atoms with van der Waals surface area (Å²) < 4.78 is 5.42. The Kier molecular flexibility index (Phi) is 6.41. The van der Waals surface area contributed by atoms with Crippen molar-refractivity contribution in [2.75, 3.05) is 0 Å². The Morgan fingerprint density at radius 2 is 2.00 bits per heavy atom. The number of amides is 1. The van der Waals surface area contributed by atoms with Gasteiger partial charge in [-0.05, 0) is 59.5 Å². The van der Waals surface area contributed by atoms with Crippen LogP contribution >= 0.6 is 23.1 Å². The van der Waals surface area contributed by atoms with Crippen molar-refractivity contribution in [1.82, 2.24) is 4.90 Å². The smallest absolute Gasteiger partial charge is 0.267 e. The number of thioether (sulfide) groups is 1. The Balaban J connectivity index is 1.56. The molecule has 0 saturated carbocycles. The number of carbonyl (C=O) groups excluding carboxylic acids is 1. The molecule has 1 aromatic carbocycles. The number of nitrogens with zero attached hydrogens (tertiary/aromatic N) is 3. The number of thiophene rings is 1. The highest BCUT2D eigenvalue weighted by Crippen LogP contribution is 2.34. The van der Waals surface area contributed by atoms with E-state index in [2.05, 4.69) is 10.2 Å². The summed E-state index contributed by atoms with van der Waals surface area (Å²) in [5, 5.41) is 11.1. The molecule has 3 aromatic rings. The molecule has 7 heteroatoms. The molecule has 30 heavy (non-hydrogen) atoms. The van der Waals surface area contributed by atoms with Crippen molar-refractivity contribution in [1.29, 1.82) is 0 Å². The largest absolute Gasteiger partial charge is 0.467 e. The summed E-state index contributed by atoms with van der Waals surface area (Å²) in [5.41, 5.74) is 2.06. The molecule has 0 aliphatic carbocycles. The molecule has 1 aliphatic heterocycles. The average Bonchev–Trinajstić information content (AvgIpc) is 3.49. The molecule has 0 spiro atoms. The van der Waals surface area contributed by atoms with Crippen LogP contribution in [0.15, 0.2) is 91.3 Å². The third-order valence-corrected chi connectivity index (χ3v) is 6.01. The van der Waals surface area contributed by atoms with Crippen LogP contribution in [-0.2, 0) is 11.3 Å². The summed E-state index contributed by atoms with van der Waals surface area (Å²) >= 11 is 2.91. The first-order chi connectivity index (χ1) is 14.7. The van der Waals surface area contributed by atoms with E-state index in [0.717, 1.165) is 16.0 Å². The Labute approximate surface area is 183 Å². The van der Waals surface area contributed by atoms with Crippen LogP contribution in [-0.4, -0.2) is 22.2 Å². The van der Waals surface area contributed by atoms with Gasteiger partial charge in [0.05, 0.1) is 23.9 Å². The predicted octanol–water partition coefficient (Wildman–Crippen LogP) is 5.90. The monoisotopic (exact) mass is 433 g/mol. The number of rotatable bonds is 6. The van der Waals surface area contributed by atoms with Gasteiger partial charge in [-0.25, -0.2) is 0 Å². The lowest BCUT2D eigenvalue weighted by molar-refractivity contribution is -0.122. The highest BCUT2D eigenvalue weighted by atomic mass is 32.2. The highest BCUT2D eigenvalue weighted by Gasteiger charge is 2.34. The maximum atomic E-state index is 13.0. The van der Waals surface area contributed by atoms with E-state index in [1.54, 1.807) is 34.8 Å². The standard InChI is InChI=1S/C23H19N3O2S2/c1-17(13-18-7-3-2-4-8-18)15-24-25-23-26(16-19-9-5-11-28-19)22(27)21(30-23)14-20-10-6-12-29-20/h2-15H,16H2,1H3/b17-13+,21-14-,24-15+,25-23-. The van der Waals surface area contributed by atoms with Crippen LogP contribution < -0.4 is 0 Å². The van der Waals surface area contributed by atoms with Crippen molar-refractivity contribution >= 4 is 52.5 Å². The number of hydrogen-bond donors (Lipinski definition) is 0. The molecule has 1 fully saturated rings. The van der Waals surface area contributed by atoms with E-state index in [1.165, 1.54) is 11.8 Å². The van der Waals surface area contributed by atoms with Gasteiger partial charge < -0.3 is 4.42 Å². The molecule has 4 rings (SSSR count). The zero-order valence-electron chi connectivity index (χ0n) is 16.3. The van der Waals surface area contributed by atoms with Crippen LogP contribution in [0.5, 0.6) is 0 Å². The van der Waals surface area contributed by atoms with Gasteiger partial charge in [0.1, 0.15) is 5.76 Å². The van der Waals surface area contributed by atoms with Crippen LogP contribution in [0.2, 0.25) is 0 Å². The Bertz CT molecular complexity index is 1110. The van der Waals surface area contributed by atoms with Crippen molar-refractivity contribution in [3.05, 3.63) is 92.9 Å². The number of carbonyl (C=O) groups is 1. The fraction of sp³-hybridized carbons (Fsp3) is 0.0870. The highest BCUT2D eigenvalue weighted by molar-refractivity contribution is 8.18. The Morgan fingerprint density at radius 3 is 2.73 bits per heavy atom. The van der Waals surface area contributed by atoms with Gasteiger partial charge in [-0.3, -0.25) is 9.69 Å². The molecule has 1 aliphatic rings. The minimum Gasteiger partial charge on any atom is -0.467 e. The third kappa shape index (κ3) is 5.06. The van der Waals surface area contributed by atoms with Crippen molar-refractivity contribution in [3.63, 3.8) is 0 Å². The minimum absolute atomic E-state index is 0.102. The summed E-state index contributed by atoms with van der Waals surface area (Å²) in [7, 11) is 0. The van der Waals surface area contributed by atoms with E-state index in [-0.39, 0.29) is 5.91 Å². The van der Waals surface area contributed by atoms with Gasteiger partial charge in [-0.1, -0.05) is 42.5 Å². The summed E-state index contributed by atoms with van der Waals surface area (Å²) in [5.74, 6) is 0.591. The number of hydrogen-bond acceptors (Lipinski definition) is 6. The molecule has 0 bridgehead atoms. The zero-order valence-corrected chi connectivity index (χ0v) is 17.9. The summed E-state index contributed by atoms with van der Waals surface area (Å²) in [6, 6.07) is 17.6. The maximum absolute atomic E-state index is 13.0. The normalized spacial score (nSPS) is 17.7. The number of amidine groups is 1. The zero-order chi connectivity index (χ0) is 20.8. The van der Waals surface area contributed by atoms with E-state index in [4.69, 9.17) is 4.42 Å². The lowest BCUT2D eigenvalue weighted by Gasteiger charge is -2.12. The number of benzene rings is 1. The molecule has 5 nitrogen and oxygen atoms in total. The van der Waals surface area contributed by atoms with Crippen LogP contribution in [0.25, 0.3) is 12.2 Å². The van der Waals surface area contributed by atoms with Gasteiger partial charge in [0.2, 0.25) is 0 Å². The molecule has 0 atom stereocenters. The predicted molar refractivity (Wildman–Crippen MR) is 125 cm³/mol. The minimum atomic E-state index is -0.102. The van der Waals surface area contributed by atoms with Crippen LogP contribution in [0.1, 0.15) is 23.1 Å². The first kappa shape index (κ1) is 20.1. The van der Waals surface area contributed by atoms with Crippen LogP contribution in [0.4, 0.5) is 0 Å². The Morgan fingerprint density at radius 1 is 1.13 bits per heavy atom. The number of allylic oxidation sites excluding steroid dienone is 1. The van der Waals surface area contributed by atoms with Crippen LogP contribution in [0, 0.1) is 0 Å². The molecular weight excluding hydrogens is 414 g/mol. The van der Waals surface area contributed by atoms with E-state index in [9.17, 15) is 4.79 Å². The van der Waals surface area contributed by atoms with E-state index >= 15 is 0 Å². The lowest BCUT2D eigenvalue weighted by Crippen LogP contribution is -2.28. The van der Waals surface area contributed by atoms with Crippen molar-refractivity contribution in [3.8, 4) is 0 Å². The van der Waals surface area contributed by atoms with Gasteiger partial charge in [-0.2, -0.15) is 5.10 Å². The fourth-order valence-electron chi connectivity index (χ4n) is 2.80. The van der Waals surface area contributed by atoms with Gasteiger partial charge in [0.15, 0.2) is 5.17 Å². The molecule has 0 N–H and O–H groups in total. The van der Waals surface area contributed by atoms with Crippen molar-refractivity contribution in [2.45, 2.75) is 13.5 Å². The second kappa shape index (κ2) is 9.56.